The fraction of sp³-hybridized carbons (Fsp3) is 0.526. The van der Waals surface area contributed by atoms with Crippen LogP contribution in [0.25, 0.3) is 0 Å². The fourth-order valence-electron chi connectivity index (χ4n) is 3.63. The maximum absolute atomic E-state index is 13.1. The van der Waals surface area contributed by atoms with E-state index in [0.29, 0.717) is 57.6 Å². The number of piperazine rings is 1. The Morgan fingerprint density at radius 3 is 2.41 bits per heavy atom. The molecule has 1 aromatic heterocycles. The molecule has 0 N–H and O–H groups in total. The van der Waals surface area contributed by atoms with Crippen LogP contribution in [0.1, 0.15) is 13.3 Å². The first-order valence-electron chi connectivity index (χ1n) is 9.87. The zero-order valence-electron chi connectivity index (χ0n) is 16.5. The van der Waals surface area contributed by atoms with E-state index in [0.717, 1.165) is 17.7 Å². The second-order valence-electron chi connectivity index (χ2n) is 7.21. The smallest absolute Gasteiger partial charge is 0.243 e. The second kappa shape index (κ2) is 8.47. The summed E-state index contributed by atoms with van der Waals surface area (Å²) in [6, 6.07) is 4.82. The van der Waals surface area contributed by atoms with E-state index in [4.69, 9.17) is 21.7 Å². The molecule has 158 valence electrons. The van der Waals surface area contributed by atoms with Crippen LogP contribution in [0.15, 0.2) is 35.5 Å². The van der Waals surface area contributed by atoms with E-state index in [1.807, 2.05) is 17.0 Å². The highest BCUT2D eigenvalue weighted by molar-refractivity contribution is 7.89. The van der Waals surface area contributed by atoms with Crippen molar-refractivity contribution in [3.63, 3.8) is 0 Å². The summed E-state index contributed by atoms with van der Waals surface area (Å²) in [7, 11) is -3.56. The number of aromatic nitrogens is 2. The Kier molecular flexibility index (Phi) is 5.95. The Morgan fingerprint density at radius 1 is 1.00 bits per heavy atom. The number of hydrogen-bond donors (Lipinski definition) is 0. The maximum atomic E-state index is 13.1. The summed E-state index contributed by atoms with van der Waals surface area (Å²) in [5.41, 5.74) is 0. The van der Waals surface area contributed by atoms with Gasteiger partial charge in [-0.05, 0) is 30.8 Å². The molecule has 0 aliphatic carbocycles. The topological polar surface area (TPSA) is 68.9 Å². The van der Waals surface area contributed by atoms with E-state index in [-0.39, 0.29) is 4.90 Å². The summed E-state index contributed by atoms with van der Waals surface area (Å²) in [4.78, 5) is 2.47. The second-order valence-corrected chi connectivity index (χ2v) is 9.52. The van der Waals surface area contributed by atoms with Gasteiger partial charge in [-0.15, -0.1) is 0 Å². The van der Waals surface area contributed by atoms with E-state index in [9.17, 15) is 8.42 Å². The molecule has 3 heterocycles. The van der Waals surface area contributed by atoms with Gasteiger partial charge >= 0.3 is 0 Å². The lowest BCUT2D eigenvalue weighted by molar-refractivity contribution is 0.151. The molecule has 0 atom stereocenters. The summed E-state index contributed by atoms with van der Waals surface area (Å²) in [5.74, 6) is 1.08. The van der Waals surface area contributed by atoms with Gasteiger partial charge in [-0.3, -0.25) is 4.90 Å². The molecule has 0 bridgehead atoms. The third-order valence-electron chi connectivity index (χ3n) is 5.22. The Labute approximate surface area is 176 Å². The van der Waals surface area contributed by atoms with Gasteiger partial charge in [-0.1, -0.05) is 6.92 Å². The van der Waals surface area contributed by atoms with Crippen LogP contribution in [0, 0.1) is 4.77 Å². The van der Waals surface area contributed by atoms with Gasteiger partial charge in [0.25, 0.3) is 0 Å². The molecule has 2 aliphatic rings. The van der Waals surface area contributed by atoms with Crippen molar-refractivity contribution in [1.82, 2.24) is 18.3 Å². The highest BCUT2D eigenvalue weighted by Crippen LogP contribution is 2.33. The van der Waals surface area contributed by atoms with Crippen molar-refractivity contribution in [1.29, 1.82) is 0 Å². The average Bonchev–Trinajstić information content (AvgIpc) is 3.08. The predicted molar refractivity (Wildman–Crippen MR) is 111 cm³/mol. The predicted octanol–water partition coefficient (Wildman–Crippen LogP) is 2.16. The normalized spacial score (nSPS) is 18.1. The molecule has 8 nitrogen and oxygen atoms in total. The molecule has 2 aromatic rings. The Morgan fingerprint density at radius 2 is 1.69 bits per heavy atom. The molecule has 0 amide bonds. The number of aryl methyl sites for hydroxylation is 1. The van der Waals surface area contributed by atoms with E-state index in [2.05, 4.69) is 16.4 Å². The molecule has 0 unspecified atom stereocenters. The van der Waals surface area contributed by atoms with Crippen molar-refractivity contribution in [3.05, 3.63) is 35.4 Å². The van der Waals surface area contributed by atoms with Gasteiger partial charge in [0.15, 0.2) is 16.3 Å². The number of fused-ring (bicyclic) bond motifs is 1. The zero-order valence-corrected chi connectivity index (χ0v) is 18.1. The van der Waals surface area contributed by atoms with Crippen LogP contribution < -0.4 is 9.47 Å². The van der Waals surface area contributed by atoms with Gasteiger partial charge in [-0.25, -0.2) is 8.42 Å². The minimum atomic E-state index is -3.56. The molecule has 1 aromatic carbocycles. The molecular formula is C19H26N4O4S2. The minimum absolute atomic E-state index is 0.245. The number of hydrogen-bond acceptors (Lipinski definition) is 6. The Balaban J connectivity index is 1.40. The molecule has 0 spiro atoms. The lowest BCUT2D eigenvalue weighted by Crippen LogP contribution is -2.48. The average molecular weight is 439 g/mol. The Bertz CT molecular complexity index is 1020. The van der Waals surface area contributed by atoms with Crippen LogP contribution >= 0.6 is 12.2 Å². The van der Waals surface area contributed by atoms with Gasteiger partial charge in [0.2, 0.25) is 10.0 Å². The van der Waals surface area contributed by atoms with Crippen molar-refractivity contribution in [2.24, 2.45) is 0 Å². The van der Waals surface area contributed by atoms with Gasteiger partial charge in [0.1, 0.15) is 13.2 Å². The van der Waals surface area contributed by atoms with Crippen LogP contribution in [0.5, 0.6) is 11.5 Å². The first kappa shape index (κ1) is 20.4. The maximum Gasteiger partial charge on any atom is 0.243 e. The SMILES string of the molecule is CCCn1ccn(CN2CCN(S(=O)(=O)c3ccc4c(c3)OCCO4)CC2)c1=S. The summed E-state index contributed by atoms with van der Waals surface area (Å²) in [5, 5.41) is 0. The lowest BCUT2D eigenvalue weighted by Gasteiger charge is -2.34. The number of ether oxygens (including phenoxy) is 2. The van der Waals surface area contributed by atoms with Gasteiger partial charge in [0, 0.05) is 51.2 Å². The van der Waals surface area contributed by atoms with Crippen LogP contribution in [-0.2, 0) is 23.2 Å². The van der Waals surface area contributed by atoms with E-state index in [1.165, 1.54) is 4.31 Å². The van der Waals surface area contributed by atoms with Crippen LogP contribution in [0.3, 0.4) is 0 Å². The quantitative estimate of drug-likeness (QED) is 0.644. The highest BCUT2D eigenvalue weighted by Gasteiger charge is 2.29. The van der Waals surface area contributed by atoms with Crippen molar-refractivity contribution < 1.29 is 17.9 Å². The number of rotatable bonds is 6. The summed E-state index contributed by atoms with van der Waals surface area (Å²) < 4.78 is 43.6. The molecule has 4 rings (SSSR count). The first-order chi connectivity index (χ1) is 14.0. The van der Waals surface area contributed by atoms with Gasteiger partial charge < -0.3 is 18.6 Å². The standard InChI is InChI=1S/C19H26N4O4S2/c1-2-5-21-8-9-22(19(21)28)15-20-6-10-23(11-7-20)29(24,25)16-3-4-17-18(14-16)27-13-12-26-17/h3-4,8-9,14H,2,5-7,10-13,15H2,1H3. The number of nitrogens with zero attached hydrogens (tertiary/aromatic N) is 4. The van der Waals surface area contributed by atoms with E-state index >= 15 is 0 Å². The molecule has 10 heteroatoms. The lowest BCUT2D eigenvalue weighted by atomic mass is 10.3. The summed E-state index contributed by atoms with van der Waals surface area (Å²) in [6.07, 6.45) is 5.04. The highest BCUT2D eigenvalue weighted by atomic mass is 32.2. The van der Waals surface area contributed by atoms with Gasteiger partial charge in [0.05, 0.1) is 11.6 Å². The number of sulfonamides is 1. The van der Waals surface area contributed by atoms with Gasteiger partial charge in [-0.2, -0.15) is 4.31 Å². The molecular weight excluding hydrogens is 412 g/mol. The number of imidazole rings is 1. The third kappa shape index (κ3) is 4.20. The molecule has 2 aliphatic heterocycles. The molecule has 1 saturated heterocycles. The van der Waals surface area contributed by atoms with Crippen LogP contribution in [0.2, 0.25) is 0 Å². The molecule has 0 radical (unpaired) electrons. The molecule has 0 saturated carbocycles. The van der Waals surface area contributed by atoms with E-state index in [1.54, 1.807) is 18.2 Å². The first-order valence-corrected chi connectivity index (χ1v) is 11.7. The van der Waals surface area contributed by atoms with Crippen molar-refractivity contribution in [2.45, 2.75) is 31.5 Å². The van der Waals surface area contributed by atoms with Crippen molar-refractivity contribution >= 4 is 22.2 Å². The minimum Gasteiger partial charge on any atom is -0.486 e. The monoisotopic (exact) mass is 438 g/mol. The Hall–Kier alpha value is -1.88. The largest absolute Gasteiger partial charge is 0.486 e. The molecule has 1 fully saturated rings. The van der Waals surface area contributed by atoms with E-state index < -0.39 is 10.0 Å². The number of benzene rings is 1. The fourth-order valence-corrected chi connectivity index (χ4v) is 5.34. The summed E-state index contributed by atoms with van der Waals surface area (Å²) in [6.45, 7) is 6.82. The molecule has 29 heavy (non-hydrogen) atoms. The van der Waals surface area contributed by atoms with Crippen molar-refractivity contribution in [3.8, 4) is 11.5 Å². The van der Waals surface area contributed by atoms with Crippen LogP contribution in [-0.4, -0.2) is 66.1 Å². The third-order valence-corrected chi connectivity index (χ3v) is 7.58. The van der Waals surface area contributed by atoms with Crippen LogP contribution in [0.4, 0.5) is 0 Å². The zero-order chi connectivity index (χ0) is 20.4. The van der Waals surface area contributed by atoms with Crippen molar-refractivity contribution in [2.75, 3.05) is 39.4 Å². The summed E-state index contributed by atoms with van der Waals surface area (Å²) >= 11 is 5.53.